The molecule has 68 valence electrons. The van der Waals surface area contributed by atoms with E-state index in [9.17, 15) is 0 Å². The molecule has 0 N–H and O–H groups in total. The number of methoxy groups -OCH3 is 1. The van der Waals surface area contributed by atoms with Crippen LogP contribution in [0.5, 0.6) is 5.88 Å². The summed E-state index contributed by atoms with van der Waals surface area (Å²) in [5.74, 6) is 0.675. The van der Waals surface area contributed by atoms with Crippen molar-refractivity contribution in [3.05, 3.63) is 22.3 Å². The first-order valence-electron chi connectivity index (χ1n) is 3.91. The molecule has 0 aromatic carbocycles. The molecule has 0 unspecified atom stereocenters. The van der Waals surface area contributed by atoms with Crippen LogP contribution < -0.4 is 4.74 Å². The van der Waals surface area contributed by atoms with Crippen LogP contribution in [-0.4, -0.2) is 12.1 Å². The third kappa shape index (κ3) is 3.22. The zero-order valence-electron chi connectivity index (χ0n) is 7.89. The number of nitrogens with zero attached hydrogens (tertiary/aromatic N) is 1. The summed E-state index contributed by atoms with van der Waals surface area (Å²) in [4.78, 5) is 4.09. The van der Waals surface area contributed by atoms with Crippen molar-refractivity contribution in [2.24, 2.45) is 0 Å². The number of aryl methyl sites for hydroxylation is 1. The van der Waals surface area contributed by atoms with Gasteiger partial charge in [0.25, 0.3) is 0 Å². The zero-order chi connectivity index (χ0) is 9.56. The molecule has 1 rings (SSSR count). The van der Waals surface area contributed by atoms with Crippen LogP contribution in [0.3, 0.4) is 0 Å². The van der Waals surface area contributed by atoms with Crippen LogP contribution in [0.25, 0.3) is 0 Å². The summed E-state index contributed by atoms with van der Waals surface area (Å²) < 4.78 is 5.79. The minimum absolute atomic E-state index is 0.675. The molecule has 0 atom stereocenters. The monoisotopic (exact) mass is 231 g/mol. The fourth-order valence-electron chi connectivity index (χ4n) is 0.694. The van der Waals surface area contributed by atoms with Crippen LogP contribution in [0.4, 0.5) is 0 Å². The van der Waals surface area contributed by atoms with E-state index in [0.717, 1.165) is 10.2 Å². The largest absolute Gasteiger partial charge is 0.481 e. The standard InChI is InChI=1S/C7H8BrNO.C2H6/c1-5-3-4-6(8)9-7(5)10-2;1-2/h3-4H,1-2H3;1-2H3. The van der Waals surface area contributed by atoms with Gasteiger partial charge in [0.1, 0.15) is 4.60 Å². The lowest BCUT2D eigenvalue weighted by Gasteiger charge is -2.01. The number of hydrogen-bond acceptors (Lipinski definition) is 2. The zero-order valence-corrected chi connectivity index (χ0v) is 9.47. The number of hydrogen-bond donors (Lipinski definition) is 0. The molecule has 0 amide bonds. The first-order valence-corrected chi connectivity index (χ1v) is 4.70. The molecule has 1 heterocycles. The van der Waals surface area contributed by atoms with E-state index in [2.05, 4.69) is 20.9 Å². The summed E-state index contributed by atoms with van der Waals surface area (Å²) in [7, 11) is 1.61. The van der Waals surface area contributed by atoms with Gasteiger partial charge >= 0.3 is 0 Å². The Labute approximate surface area is 82.1 Å². The number of aromatic nitrogens is 1. The third-order valence-corrected chi connectivity index (χ3v) is 1.65. The van der Waals surface area contributed by atoms with Gasteiger partial charge in [0.15, 0.2) is 0 Å². The Bertz CT molecular complexity index is 238. The molecule has 1 aromatic rings. The average Bonchev–Trinajstić information content (AvgIpc) is 2.13. The van der Waals surface area contributed by atoms with E-state index in [1.807, 2.05) is 32.9 Å². The minimum atomic E-state index is 0.675. The predicted molar refractivity (Wildman–Crippen MR) is 54.6 cm³/mol. The molecule has 0 saturated carbocycles. The lowest BCUT2D eigenvalue weighted by molar-refractivity contribution is 0.393. The molecule has 12 heavy (non-hydrogen) atoms. The first-order chi connectivity index (χ1) is 5.74. The molecule has 3 heteroatoms. The molecular formula is C9H14BrNO. The smallest absolute Gasteiger partial charge is 0.217 e. The molecule has 0 aliphatic heterocycles. The second-order valence-corrected chi connectivity index (χ2v) is 2.77. The van der Waals surface area contributed by atoms with Gasteiger partial charge in [-0.1, -0.05) is 19.9 Å². The van der Waals surface area contributed by atoms with E-state index >= 15 is 0 Å². The summed E-state index contributed by atoms with van der Waals surface area (Å²) in [6.07, 6.45) is 0. The van der Waals surface area contributed by atoms with Crippen molar-refractivity contribution in [3.8, 4) is 5.88 Å². The topological polar surface area (TPSA) is 22.1 Å². The maximum absolute atomic E-state index is 4.98. The Morgan fingerprint density at radius 2 is 1.92 bits per heavy atom. The van der Waals surface area contributed by atoms with Crippen molar-refractivity contribution >= 4 is 15.9 Å². The van der Waals surface area contributed by atoms with E-state index < -0.39 is 0 Å². The summed E-state index contributed by atoms with van der Waals surface area (Å²) in [5.41, 5.74) is 1.05. The Kier molecular flexibility index (Phi) is 5.72. The van der Waals surface area contributed by atoms with Gasteiger partial charge in [0.05, 0.1) is 7.11 Å². The highest BCUT2D eigenvalue weighted by Gasteiger charge is 1.97. The lowest BCUT2D eigenvalue weighted by atomic mass is 10.3. The molecule has 1 aromatic heterocycles. The van der Waals surface area contributed by atoms with Crippen molar-refractivity contribution in [1.82, 2.24) is 4.98 Å². The van der Waals surface area contributed by atoms with Crippen molar-refractivity contribution in [2.45, 2.75) is 20.8 Å². The molecule has 2 nitrogen and oxygen atoms in total. The van der Waals surface area contributed by atoms with Crippen LogP contribution in [0.15, 0.2) is 16.7 Å². The van der Waals surface area contributed by atoms with Crippen LogP contribution in [0.2, 0.25) is 0 Å². The Morgan fingerprint density at radius 3 is 2.33 bits per heavy atom. The van der Waals surface area contributed by atoms with E-state index in [0.29, 0.717) is 5.88 Å². The molecule has 0 aliphatic rings. The summed E-state index contributed by atoms with van der Waals surface area (Å²) in [6, 6.07) is 3.84. The van der Waals surface area contributed by atoms with Gasteiger partial charge in [0.2, 0.25) is 5.88 Å². The second kappa shape index (κ2) is 6.00. The summed E-state index contributed by atoms with van der Waals surface area (Å²) in [6.45, 7) is 5.96. The van der Waals surface area contributed by atoms with Crippen molar-refractivity contribution in [3.63, 3.8) is 0 Å². The fraction of sp³-hybridized carbons (Fsp3) is 0.444. The SMILES string of the molecule is CC.COc1nc(Br)ccc1C. The predicted octanol–water partition coefficient (Wildman–Crippen LogP) is 3.19. The summed E-state index contributed by atoms with van der Waals surface area (Å²) in [5, 5.41) is 0. The van der Waals surface area contributed by atoms with E-state index in [4.69, 9.17) is 4.74 Å². The molecule has 0 fully saturated rings. The Hall–Kier alpha value is -0.570. The Morgan fingerprint density at radius 1 is 1.33 bits per heavy atom. The first kappa shape index (κ1) is 11.4. The summed E-state index contributed by atoms with van der Waals surface area (Å²) >= 11 is 3.25. The van der Waals surface area contributed by atoms with Gasteiger partial charge in [0, 0.05) is 5.56 Å². The highest BCUT2D eigenvalue weighted by Crippen LogP contribution is 2.16. The lowest BCUT2D eigenvalue weighted by Crippen LogP contribution is -1.90. The minimum Gasteiger partial charge on any atom is -0.481 e. The van der Waals surface area contributed by atoms with E-state index in [1.54, 1.807) is 7.11 Å². The van der Waals surface area contributed by atoms with E-state index in [-0.39, 0.29) is 0 Å². The van der Waals surface area contributed by atoms with Crippen LogP contribution in [-0.2, 0) is 0 Å². The normalized spacial score (nSPS) is 8.42. The molecule has 0 bridgehead atoms. The third-order valence-electron chi connectivity index (χ3n) is 1.21. The Balaban J connectivity index is 0.000000561. The maximum Gasteiger partial charge on any atom is 0.217 e. The quantitative estimate of drug-likeness (QED) is 0.693. The van der Waals surface area contributed by atoms with E-state index in [1.165, 1.54) is 0 Å². The van der Waals surface area contributed by atoms with Crippen molar-refractivity contribution < 1.29 is 4.74 Å². The van der Waals surface area contributed by atoms with Gasteiger partial charge in [-0.3, -0.25) is 0 Å². The van der Waals surface area contributed by atoms with Gasteiger partial charge in [-0.15, -0.1) is 0 Å². The van der Waals surface area contributed by atoms with Crippen molar-refractivity contribution in [2.75, 3.05) is 7.11 Å². The number of ether oxygens (including phenoxy) is 1. The van der Waals surface area contributed by atoms with Gasteiger partial charge in [-0.2, -0.15) is 0 Å². The molecular weight excluding hydrogens is 218 g/mol. The highest BCUT2D eigenvalue weighted by atomic mass is 79.9. The van der Waals surface area contributed by atoms with Gasteiger partial charge < -0.3 is 4.74 Å². The van der Waals surface area contributed by atoms with Gasteiger partial charge in [-0.25, -0.2) is 4.98 Å². The number of halogens is 1. The van der Waals surface area contributed by atoms with Crippen molar-refractivity contribution in [1.29, 1.82) is 0 Å². The fourth-order valence-corrected chi connectivity index (χ4v) is 0.987. The molecule has 0 spiro atoms. The highest BCUT2D eigenvalue weighted by molar-refractivity contribution is 9.10. The molecule has 0 radical (unpaired) electrons. The average molecular weight is 232 g/mol. The molecule has 0 saturated heterocycles. The maximum atomic E-state index is 4.98. The number of pyridine rings is 1. The van der Waals surface area contributed by atoms with Crippen LogP contribution >= 0.6 is 15.9 Å². The van der Waals surface area contributed by atoms with Crippen LogP contribution in [0.1, 0.15) is 19.4 Å². The van der Waals surface area contributed by atoms with Crippen LogP contribution in [0, 0.1) is 6.92 Å². The molecule has 0 aliphatic carbocycles. The number of rotatable bonds is 1. The second-order valence-electron chi connectivity index (χ2n) is 1.96. The van der Waals surface area contributed by atoms with Gasteiger partial charge in [-0.05, 0) is 28.9 Å².